The monoisotopic (exact) mass is 269 g/mol. The van der Waals surface area contributed by atoms with Crippen LogP contribution in [0.4, 0.5) is 0 Å². The molecule has 0 saturated carbocycles. The van der Waals surface area contributed by atoms with Crippen molar-refractivity contribution in [3.8, 4) is 0 Å². The van der Waals surface area contributed by atoms with Crippen LogP contribution in [-0.2, 0) is 4.74 Å². The van der Waals surface area contributed by atoms with E-state index in [2.05, 4.69) is 19.2 Å². The molecule has 0 amide bonds. The first-order chi connectivity index (χ1) is 8.67. The van der Waals surface area contributed by atoms with E-state index in [1.807, 2.05) is 0 Å². The van der Waals surface area contributed by atoms with Gasteiger partial charge in [-0.05, 0) is 37.6 Å². The van der Waals surface area contributed by atoms with Crippen LogP contribution in [0.2, 0.25) is 5.02 Å². The van der Waals surface area contributed by atoms with Gasteiger partial charge in [0.05, 0.1) is 5.56 Å². The van der Waals surface area contributed by atoms with E-state index in [1.165, 1.54) is 0 Å². The molecule has 0 bridgehead atoms. The van der Waals surface area contributed by atoms with Crippen LogP contribution in [0.25, 0.3) is 0 Å². The molecular formula is C14H20ClNO2. The second-order valence-electron chi connectivity index (χ2n) is 4.17. The molecule has 18 heavy (non-hydrogen) atoms. The summed E-state index contributed by atoms with van der Waals surface area (Å²) in [6.45, 7) is 5.51. The molecule has 0 aliphatic carbocycles. The second kappa shape index (κ2) is 8.11. The molecule has 0 saturated heterocycles. The average Bonchev–Trinajstić information content (AvgIpc) is 2.38. The molecule has 0 aliphatic heterocycles. The first kappa shape index (κ1) is 15.0. The van der Waals surface area contributed by atoms with Crippen LogP contribution in [0.15, 0.2) is 24.3 Å². The van der Waals surface area contributed by atoms with Crippen molar-refractivity contribution in [1.29, 1.82) is 0 Å². The Morgan fingerprint density at radius 1 is 1.44 bits per heavy atom. The fourth-order valence-corrected chi connectivity index (χ4v) is 1.73. The highest BCUT2D eigenvalue weighted by Crippen LogP contribution is 2.11. The third-order valence-electron chi connectivity index (χ3n) is 2.65. The maximum Gasteiger partial charge on any atom is 0.338 e. The number of nitrogens with one attached hydrogen (secondary N) is 1. The Balaban J connectivity index is 2.44. The zero-order valence-corrected chi connectivity index (χ0v) is 11.7. The van der Waals surface area contributed by atoms with Gasteiger partial charge in [0.2, 0.25) is 0 Å². The highest BCUT2D eigenvalue weighted by molar-refractivity contribution is 6.30. The van der Waals surface area contributed by atoms with Gasteiger partial charge in [-0.1, -0.05) is 31.5 Å². The van der Waals surface area contributed by atoms with Crippen LogP contribution in [-0.4, -0.2) is 25.2 Å². The lowest BCUT2D eigenvalue weighted by molar-refractivity contribution is 0.0463. The topological polar surface area (TPSA) is 38.3 Å². The molecule has 1 N–H and O–H groups in total. The van der Waals surface area contributed by atoms with E-state index in [9.17, 15) is 4.79 Å². The predicted octanol–water partition coefficient (Wildman–Crippen LogP) is 3.28. The summed E-state index contributed by atoms with van der Waals surface area (Å²) in [7, 11) is 0. The number of benzene rings is 1. The lowest BCUT2D eigenvalue weighted by atomic mass is 10.2. The third kappa shape index (κ3) is 5.07. The number of carbonyl (C=O) groups is 1. The third-order valence-corrected chi connectivity index (χ3v) is 2.89. The molecule has 4 heteroatoms. The van der Waals surface area contributed by atoms with Gasteiger partial charge in [-0.15, -0.1) is 0 Å². The Hall–Kier alpha value is -1.06. The molecule has 3 nitrogen and oxygen atoms in total. The van der Waals surface area contributed by atoms with Crippen molar-refractivity contribution in [3.05, 3.63) is 34.9 Å². The van der Waals surface area contributed by atoms with Crippen LogP contribution in [0, 0.1) is 0 Å². The minimum absolute atomic E-state index is 0.216. The smallest absolute Gasteiger partial charge is 0.338 e. The van der Waals surface area contributed by atoms with Gasteiger partial charge in [-0.2, -0.15) is 0 Å². The zero-order chi connectivity index (χ0) is 13.4. The summed E-state index contributed by atoms with van der Waals surface area (Å²) in [6.07, 6.45) is 2.00. The van der Waals surface area contributed by atoms with Crippen LogP contribution < -0.4 is 5.32 Å². The fourth-order valence-electron chi connectivity index (χ4n) is 1.54. The van der Waals surface area contributed by atoms with Gasteiger partial charge in [0.1, 0.15) is 6.61 Å². The molecule has 1 atom stereocenters. The summed E-state index contributed by atoms with van der Waals surface area (Å²) in [4.78, 5) is 11.8. The van der Waals surface area contributed by atoms with Crippen molar-refractivity contribution in [2.24, 2.45) is 0 Å². The Morgan fingerprint density at radius 3 is 2.83 bits per heavy atom. The van der Waals surface area contributed by atoms with Crippen LogP contribution in [0.3, 0.4) is 0 Å². The van der Waals surface area contributed by atoms with Crippen molar-refractivity contribution >= 4 is 17.6 Å². The summed E-state index contributed by atoms with van der Waals surface area (Å²) in [5, 5.41) is 3.88. The van der Waals surface area contributed by atoms with Crippen LogP contribution in [0.1, 0.15) is 37.0 Å². The number of hydrogen-bond acceptors (Lipinski definition) is 3. The Kier molecular flexibility index (Phi) is 6.76. The van der Waals surface area contributed by atoms with E-state index in [0.717, 1.165) is 19.4 Å². The molecule has 1 rings (SSSR count). The number of halogens is 1. The maximum absolute atomic E-state index is 11.8. The number of esters is 1. The quantitative estimate of drug-likeness (QED) is 0.772. The normalized spacial score (nSPS) is 12.2. The van der Waals surface area contributed by atoms with Crippen molar-refractivity contribution in [1.82, 2.24) is 5.32 Å². The summed E-state index contributed by atoms with van der Waals surface area (Å²) < 4.78 is 5.27. The Bertz CT molecular complexity index is 382. The first-order valence-electron chi connectivity index (χ1n) is 6.33. The predicted molar refractivity (Wildman–Crippen MR) is 74.1 cm³/mol. The van der Waals surface area contributed by atoms with Crippen molar-refractivity contribution in [3.63, 3.8) is 0 Å². The zero-order valence-electron chi connectivity index (χ0n) is 10.9. The minimum atomic E-state index is -0.325. The van der Waals surface area contributed by atoms with E-state index in [-0.39, 0.29) is 12.0 Å². The van der Waals surface area contributed by atoms with Gasteiger partial charge in [-0.25, -0.2) is 4.79 Å². The van der Waals surface area contributed by atoms with Crippen molar-refractivity contribution in [2.75, 3.05) is 13.2 Å². The highest BCUT2D eigenvalue weighted by Gasteiger charge is 2.11. The summed E-state index contributed by atoms with van der Waals surface area (Å²) in [6, 6.07) is 7.01. The molecule has 100 valence electrons. The van der Waals surface area contributed by atoms with E-state index >= 15 is 0 Å². The SMILES string of the molecule is CCCNC(CC)COC(=O)c1cccc(Cl)c1. The largest absolute Gasteiger partial charge is 0.460 e. The van der Waals surface area contributed by atoms with Crippen LogP contribution in [0.5, 0.6) is 0 Å². The lowest BCUT2D eigenvalue weighted by Gasteiger charge is -2.16. The Labute approximate surface area is 113 Å². The molecule has 0 radical (unpaired) electrons. The molecule has 0 aliphatic rings. The molecule has 0 spiro atoms. The van der Waals surface area contributed by atoms with E-state index in [1.54, 1.807) is 24.3 Å². The average molecular weight is 270 g/mol. The van der Waals surface area contributed by atoms with Gasteiger partial charge >= 0.3 is 5.97 Å². The number of rotatable bonds is 7. The molecule has 0 aromatic heterocycles. The lowest BCUT2D eigenvalue weighted by Crippen LogP contribution is -2.34. The molecule has 1 aromatic rings. The molecular weight excluding hydrogens is 250 g/mol. The van der Waals surface area contributed by atoms with Gasteiger partial charge in [0.25, 0.3) is 0 Å². The fraction of sp³-hybridized carbons (Fsp3) is 0.500. The van der Waals surface area contributed by atoms with E-state index < -0.39 is 0 Å². The highest BCUT2D eigenvalue weighted by atomic mass is 35.5. The Morgan fingerprint density at radius 2 is 2.22 bits per heavy atom. The first-order valence-corrected chi connectivity index (χ1v) is 6.71. The second-order valence-corrected chi connectivity index (χ2v) is 4.60. The minimum Gasteiger partial charge on any atom is -0.460 e. The van der Waals surface area contributed by atoms with Crippen molar-refractivity contribution in [2.45, 2.75) is 32.7 Å². The van der Waals surface area contributed by atoms with Crippen molar-refractivity contribution < 1.29 is 9.53 Å². The van der Waals surface area contributed by atoms with Crippen LogP contribution >= 0.6 is 11.6 Å². The van der Waals surface area contributed by atoms with Gasteiger partial charge in [0.15, 0.2) is 0 Å². The number of ether oxygens (including phenoxy) is 1. The standard InChI is InChI=1S/C14H20ClNO2/c1-3-8-16-13(4-2)10-18-14(17)11-6-5-7-12(15)9-11/h5-7,9,13,16H,3-4,8,10H2,1-2H3. The summed E-state index contributed by atoms with van der Waals surface area (Å²) in [5.41, 5.74) is 0.493. The van der Waals surface area contributed by atoms with Gasteiger partial charge in [0, 0.05) is 11.1 Å². The van der Waals surface area contributed by atoms with E-state index in [4.69, 9.17) is 16.3 Å². The molecule has 0 fully saturated rings. The van der Waals surface area contributed by atoms with Gasteiger partial charge in [-0.3, -0.25) is 0 Å². The number of hydrogen-bond donors (Lipinski definition) is 1. The molecule has 1 unspecified atom stereocenters. The maximum atomic E-state index is 11.8. The molecule has 1 aromatic carbocycles. The summed E-state index contributed by atoms with van der Waals surface area (Å²) >= 11 is 5.83. The summed E-state index contributed by atoms with van der Waals surface area (Å²) in [5.74, 6) is -0.325. The molecule has 0 heterocycles. The number of carbonyl (C=O) groups excluding carboxylic acids is 1. The van der Waals surface area contributed by atoms with Gasteiger partial charge < -0.3 is 10.1 Å². The van der Waals surface area contributed by atoms with E-state index in [0.29, 0.717) is 17.2 Å².